The van der Waals surface area contributed by atoms with Gasteiger partial charge in [-0.3, -0.25) is 0 Å². The summed E-state index contributed by atoms with van der Waals surface area (Å²) in [4.78, 5) is 0. The Hall–Kier alpha value is -1.24. The molecule has 0 N–H and O–H groups in total. The lowest BCUT2D eigenvalue weighted by molar-refractivity contribution is 0.317. The fourth-order valence-electron chi connectivity index (χ4n) is 1.54. The molecule has 1 heteroatoms. The van der Waals surface area contributed by atoms with E-state index in [4.69, 9.17) is 4.74 Å². The van der Waals surface area contributed by atoms with Crippen molar-refractivity contribution in [2.45, 2.75) is 19.8 Å². The number of rotatable bonds is 3. The molecule has 0 unspecified atom stereocenters. The van der Waals surface area contributed by atoms with Crippen molar-refractivity contribution in [2.75, 3.05) is 6.61 Å². The summed E-state index contributed by atoms with van der Waals surface area (Å²) in [6, 6.07) is 6.33. The van der Waals surface area contributed by atoms with Crippen LogP contribution in [0.5, 0.6) is 5.75 Å². The van der Waals surface area contributed by atoms with E-state index in [0.717, 1.165) is 25.2 Å². The second kappa shape index (κ2) is 3.65. The Morgan fingerprint density at radius 3 is 3.15 bits per heavy atom. The molecule has 1 aromatic rings. The zero-order valence-electron chi connectivity index (χ0n) is 7.92. The Morgan fingerprint density at radius 2 is 2.31 bits per heavy atom. The summed E-state index contributed by atoms with van der Waals surface area (Å²) in [6.45, 7) is 2.93. The van der Waals surface area contributed by atoms with Gasteiger partial charge in [-0.2, -0.15) is 0 Å². The lowest BCUT2D eigenvalue weighted by Gasteiger charge is -2.06. The molecule has 0 radical (unpaired) electrons. The van der Waals surface area contributed by atoms with E-state index in [1.807, 2.05) is 0 Å². The summed E-state index contributed by atoms with van der Waals surface area (Å²) in [7, 11) is 0. The van der Waals surface area contributed by atoms with Crippen LogP contribution in [0.1, 0.15) is 24.5 Å². The second-order valence-corrected chi connectivity index (χ2v) is 3.32. The maximum atomic E-state index is 5.55. The summed E-state index contributed by atoms with van der Waals surface area (Å²) in [5.74, 6) is 0.993. The van der Waals surface area contributed by atoms with Crippen molar-refractivity contribution in [3.8, 4) is 5.75 Å². The van der Waals surface area contributed by atoms with Gasteiger partial charge in [-0.05, 0) is 36.1 Å². The molecular weight excluding hydrogens is 160 g/mol. The average molecular weight is 174 g/mol. The molecule has 0 amide bonds. The predicted octanol–water partition coefficient (Wildman–Crippen LogP) is 3.04. The van der Waals surface area contributed by atoms with Crippen LogP contribution < -0.4 is 4.74 Å². The van der Waals surface area contributed by atoms with E-state index in [-0.39, 0.29) is 0 Å². The van der Waals surface area contributed by atoms with Gasteiger partial charge in [-0.25, -0.2) is 0 Å². The monoisotopic (exact) mass is 174 g/mol. The van der Waals surface area contributed by atoms with Gasteiger partial charge in [0.1, 0.15) is 5.75 Å². The molecule has 0 aliphatic heterocycles. The first-order valence-corrected chi connectivity index (χ1v) is 4.82. The average Bonchev–Trinajstić information content (AvgIpc) is 2.61. The Morgan fingerprint density at radius 1 is 1.38 bits per heavy atom. The first-order chi connectivity index (χ1) is 6.40. The smallest absolute Gasteiger partial charge is 0.119 e. The maximum Gasteiger partial charge on any atom is 0.119 e. The largest absolute Gasteiger partial charge is 0.494 e. The summed E-state index contributed by atoms with van der Waals surface area (Å²) in [6.07, 6.45) is 6.48. The maximum absolute atomic E-state index is 5.55. The zero-order chi connectivity index (χ0) is 9.10. The highest BCUT2D eigenvalue weighted by molar-refractivity contribution is 5.61. The molecule has 0 bridgehead atoms. The highest BCUT2D eigenvalue weighted by atomic mass is 16.5. The fraction of sp³-hybridized carbons (Fsp3) is 0.333. The summed E-state index contributed by atoms with van der Waals surface area (Å²) < 4.78 is 5.55. The van der Waals surface area contributed by atoms with Gasteiger partial charge in [-0.15, -0.1) is 0 Å². The van der Waals surface area contributed by atoms with E-state index in [2.05, 4.69) is 37.3 Å². The van der Waals surface area contributed by atoms with Crippen LogP contribution in [-0.2, 0) is 6.42 Å². The van der Waals surface area contributed by atoms with Crippen LogP contribution >= 0.6 is 0 Å². The molecular formula is C12H14O. The molecule has 0 saturated carbocycles. The fourth-order valence-corrected chi connectivity index (χ4v) is 1.54. The predicted molar refractivity (Wildman–Crippen MR) is 55.0 cm³/mol. The van der Waals surface area contributed by atoms with Crippen molar-refractivity contribution in [2.24, 2.45) is 0 Å². The Bertz CT molecular complexity index is 326. The van der Waals surface area contributed by atoms with Crippen LogP contribution in [0, 0.1) is 0 Å². The lowest BCUT2D eigenvalue weighted by atomic mass is 10.1. The minimum absolute atomic E-state index is 0.808. The summed E-state index contributed by atoms with van der Waals surface area (Å²) in [5, 5.41) is 0. The Balaban J connectivity index is 2.15. The van der Waals surface area contributed by atoms with Crippen LogP contribution in [0.2, 0.25) is 0 Å². The van der Waals surface area contributed by atoms with Gasteiger partial charge < -0.3 is 4.74 Å². The molecule has 1 nitrogen and oxygen atoms in total. The standard InChI is InChI=1S/C12H14O/c1-2-8-13-12-7-6-10-4-3-5-11(10)9-12/h3,5-7,9H,2,4,8H2,1H3. The van der Waals surface area contributed by atoms with E-state index in [0.29, 0.717) is 0 Å². The van der Waals surface area contributed by atoms with Gasteiger partial charge in [0.2, 0.25) is 0 Å². The van der Waals surface area contributed by atoms with Crippen molar-refractivity contribution >= 4 is 6.08 Å². The van der Waals surface area contributed by atoms with Crippen LogP contribution in [0.4, 0.5) is 0 Å². The van der Waals surface area contributed by atoms with Crippen LogP contribution in [0.15, 0.2) is 24.3 Å². The number of allylic oxidation sites excluding steroid dienone is 1. The first-order valence-electron chi connectivity index (χ1n) is 4.82. The van der Waals surface area contributed by atoms with Gasteiger partial charge in [0.05, 0.1) is 6.61 Å². The van der Waals surface area contributed by atoms with Gasteiger partial charge in [0.25, 0.3) is 0 Å². The third kappa shape index (κ3) is 1.74. The molecule has 2 rings (SSSR count). The van der Waals surface area contributed by atoms with Gasteiger partial charge in [0.15, 0.2) is 0 Å². The van der Waals surface area contributed by atoms with Crippen molar-refractivity contribution < 1.29 is 4.74 Å². The number of benzene rings is 1. The van der Waals surface area contributed by atoms with E-state index >= 15 is 0 Å². The van der Waals surface area contributed by atoms with E-state index in [1.54, 1.807) is 0 Å². The van der Waals surface area contributed by atoms with E-state index < -0.39 is 0 Å². The molecule has 0 heterocycles. The molecule has 0 aromatic heterocycles. The second-order valence-electron chi connectivity index (χ2n) is 3.32. The molecule has 1 aromatic carbocycles. The minimum Gasteiger partial charge on any atom is -0.494 e. The highest BCUT2D eigenvalue weighted by Crippen LogP contribution is 2.24. The lowest BCUT2D eigenvalue weighted by Crippen LogP contribution is -1.95. The van der Waals surface area contributed by atoms with E-state index in [1.165, 1.54) is 11.1 Å². The zero-order valence-corrected chi connectivity index (χ0v) is 7.92. The number of fused-ring (bicyclic) bond motifs is 1. The molecule has 0 spiro atoms. The molecule has 0 saturated heterocycles. The third-order valence-electron chi connectivity index (χ3n) is 2.23. The topological polar surface area (TPSA) is 9.23 Å². The van der Waals surface area contributed by atoms with E-state index in [9.17, 15) is 0 Å². The van der Waals surface area contributed by atoms with Crippen molar-refractivity contribution in [1.29, 1.82) is 0 Å². The molecule has 1 aliphatic carbocycles. The van der Waals surface area contributed by atoms with Crippen molar-refractivity contribution in [3.05, 3.63) is 35.4 Å². The molecule has 1 aliphatic rings. The van der Waals surface area contributed by atoms with Crippen LogP contribution in [-0.4, -0.2) is 6.61 Å². The highest BCUT2D eigenvalue weighted by Gasteiger charge is 2.05. The number of hydrogen-bond acceptors (Lipinski definition) is 1. The molecule has 13 heavy (non-hydrogen) atoms. The quantitative estimate of drug-likeness (QED) is 0.684. The molecule has 0 fully saturated rings. The van der Waals surface area contributed by atoms with Crippen molar-refractivity contribution in [1.82, 2.24) is 0 Å². The van der Waals surface area contributed by atoms with Crippen molar-refractivity contribution in [3.63, 3.8) is 0 Å². The van der Waals surface area contributed by atoms with Gasteiger partial charge in [-0.1, -0.05) is 25.1 Å². The molecule has 0 atom stereocenters. The number of ether oxygens (including phenoxy) is 1. The van der Waals surface area contributed by atoms with Gasteiger partial charge >= 0.3 is 0 Å². The van der Waals surface area contributed by atoms with Gasteiger partial charge in [0, 0.05) is 0 Å². The normalized spacial score (nSPS) is 13.0. The Kier molecular flexibility index (Phi) is 2.35. The van der Waals surface area contributed by atoms with Crippen LogP contribution in [0.3, 0.4) is 0 Å². The number of hydrogen-bond donors (Lipinski definition) is 0. The Labute approximate surface area is 79.0 Å². The summed E-state index contributed by atoms with van der Waals surface area (Å²) in [5.41, 5.74) is 2.72. The summed E-state index contributed by atoms with van der Waals surface area (Å²) >= 11 is 0. The third-order valence-corrected chi connectivity index (χ3v) is 2.23. The van der Waals surface area contributed by atoms with Crippen LogP contribution in [0.25, 0.3) is 6.08 Å². The first kappa shape index (κ1) is 8.36. The minimum atomic E-state index is 0.808. The molecule has 68 valence electrons. The SMILES string of the molecule is CCCOc1ccc2c(c1)C=CC2.